The van der Waals surface area contributed by atoms with E-state index < -0.39 is 0 Å². The molecule has 1 aromatic carbocycles. The van der Waals surface area contributed by atoms with E-state index in [-0.39, 0.29) is 0 Å². The molecule has 0 spiro atoms. The number of thiophene rings is 1. The molecular formula is C14H14O3S. The minimum Gasteiger partial charge on any atom is -0.463 e. The van der Waals surface area contributed by atoms with E-state index in [9.17, 15) is 9.59 Å². The summed E-state index contributed by atoms with van der Waals surface area (Å²) in [6, 6.07) is 13.5. The van der Waals surface area contributed by atoms with Crippen LogP contribution in [-0.2, 0) is 27.4 Å². The van der Waals surface area contributed by atoms with E-state index in [1.165, 1.54) is 0 Å². The van der Waals surface area contributed by atoms with Crippen LogP contribution >= 0.6 is 11.3 Å². The standard InChI is InChI=1S/C8H8O2.C6H6OS/c9-7-10-6-8-4-2-1-3-5-8;7-4-3-6-2-1-5-8-6/h1-5,7H,6H2;1-2,4-5H,3H2. The molecule has 1 aromatic heterocycles. The molecule has 0 unspecified atom stereocenters. The van der Waals surface area contributed by atoms with Gasteiger partial charge in [0.15, 0.2) is 0 Å². The SMILES string of the molecule is O=CCc1cccs1.O=COCc1ccccc1. The fourth-order valence-corrected chi connectivity index (χ4v) is 1.87. The number of rotatable bonds is 5. The molecule has 2 rings (SSSR count). The zero-order chi connectivity index (χ0) is 13.1. The van der Waals surface area contributed by atoms with Crippen molar-refractivity contribution >= 4 is 24.1 Å². The lowest BCUT2D eigenvalue weighted by Crippen LogP contribution is -1.88. The predicted molar refractivity (Wildman–Crippen MR) is 71.4 cm³/mol. The highest BCUT2D eigenvalue weighted by atomic mass is 32.1. The Morgan fingerprint density at radius 1 is 1.06 bits per heavy atom. The third kappa shape index (κ3) is 5.96. The van der Waals surface area contributed by atoms with Gasteiger partial charge in [0, 0.05) is 11.3 Å². The van der Waals surface area contributed by atoms with Crippen LogP contribution in [0.15, 0.2) is 47.8 Å². The van der Waals surface area contributed by atoms with Gasteiger partial charge in [-0.15, -0.1) is 11.3 Å². The highest BCUT2D eigenvalue weighted by Crippen LogP contribution is 2.06. The average molecular weight is 262 g/mol. The zero-order valence-electron chi connectivity index (χ0n) is 9.82. The van der Waals surface area contributed by atoms with Gasteiger partial charge in [-0.25, -0.2) is 0 Å². The molecule has 0 fully saturated rings. The Balaban J connectivity index is 0.000000184. The summed E-state index contributed by atoms with van der Waals surface area (Å²) in [6.45, 7) is 0.817. The molecule has 0 aliphatic heterocycles. The van der Waals surface area contributed by atoms with Gasteiger partial charge in [0.25, 0.3) is 6.47 Å². The van der Waals surface area contributed by atoms with Crippen LogP contribution in [0.3, 0.4) is 0 Å². The second-order valence-corrected chi connectivity index (χ2v) is 4.38. The summed E-state index contributed by atoms with van der Waals surface area (Å²) >= 11 is 1.62. The molecule has 1 heterocycles. The first-order valence-electron chi connectivity index (χ1n) is 5.42. The molecule has 0 atom stereocenters. The van der Waals surface area contributed by atoms with E-state index in [1.54, 1.807) is 11.3 Å². The Hall–Kier alpha value is -1.94. The molecule has 0 N–H and O–H groups in total. The van der Waals surface area contributed by atoms with Crippen molar-refractivity contribution in [3.05, 3.63) is 58.3 Å². The van der Waals surface area contributed by atoms with Crippen LogP contribution in [0.5, 0.6) is 0 Å². The maximum atomic E-state index is 9.88. The molecule has 2 aromatic rings. The largest absolute Gasteiger partial charge is 0.463 e. The van der Waals surface area contributed by atoms with Gasteiger partial charge in [-0.1, -0.05) is 36.4 Å². The number of aldehydes is 1. The van der Waals surface area contributed by atoms with E-state index in [0.29, 0.717) is 19.5 Å². The van der Waals surface area contributed by atoms with Gasteiger partial charge in [-0.2, -0.15) is 0 Å². The summed E-state index contributed by atoms with van der Waals surface area (Å²) in [5.74, 6) is 0. The average Bonchev–Trinajstić information content (AvgIpc) is 2.92. The Morgan fingerprint density at radius 2 is 1.83 bits per heavy atom. The van der Waals surface area contributed by atoms with Gasteiger partial charge >= 0.3 is 0 Å². The molecule has 0 aliphatic rings. The molecule has 0 saturated heterocycles. The van der Waals surface area contributed by atoms with Crippen LogP contribution in [0.25, 0.3) is 0 Å². The lowest BCUT2D eigenvalue weighted by Gasteiger charge is -1.95. The number of hydrogen-bond acceptors (Lipinski definition) is 4. The molecule has 94 valence electrons. The molecule has 0 radical (unpaired) electrons. The monoisotopic (exact) mass is 262 g/mol. The van der Waals surface area contributed by atoms with E-state index in [4.69, 9.17) is 0 Å². The van der Waals surface area contributed by atoms with Crippen molar-refractivity contribution in [2.24, 2.45) is 0 Å². The van der Waals surface area contributed by atoms with Crippen molar-refractivity contribution in [3.63, 3.8) is 0 Å². The van der Waals surface area contributed by atoms with Crippen LogP contribution < -0.4 is 0 Å². The zero-order valence-corrected chi connectivity index (χ0v) is 10.6. The summed E-state index contributed by atoms with van der Waals surface area (Å²) in [4.78, 5) is 20.8. The topological polar surface area (TPSA) is 43.4 Å². The highest BCUT2D eigenvalue weighted by molar-refractivity contribution is 7.10. The minimum atomic E-state index is 0.365. The molecular weight excluding hydrogens is 248 g/mol. The molecule has 0 amide bonds. The van der Waals surface area contributed by atoms with Gasteiger partial charge < -0.3 is 9.53 Å². The van der Waals surface area contributed by atoms with Crippen LogP contribution in [-0.4, -0.2) is 12.8 Å². The summed E-state index contributed by atoms with van der Waals surface area (Å²) < 4.78 is 4.54. The van der Waals surface area contributed by atoms with Gasteiger partial charge in [0.1, 0.15) is 12.9 Å². The van der Waals surface area contributed by atoms with Crippen molar-refractivity contribution < 1.29 is 14.3 Å². The second-order valence-electron chi connectivity index (χ2n) is 3.34. The second kappa shape index (κ2) is 9.13. The minimum absolute atomic E-state index is 0.365. The molecule has 18 heavy (non-hydrogen) atoms. The van der Waals surface area contributed by atoms with E-state index in [2.05, 4.69) is 4.74 Å². The lowest BCUT2D eigenvalue weighted by atomic mass is 10.2. The number of benzene rings is 1. The molecule has 0 saturated carbocycles. The Morgan fingerprint density at radius 3 is 2.39 bits per heavy atom. The van der Waals surface area contributed by atoms with E-state index >= 15 is 0 Å². The number of hydrogen-bond donors (Lipinski definition) is 0. The quantitative estimate of drug-likeness (QED) is 0.778. The number of carbonyl (C=O) groups excluding carboxylic acids is 2. The van der Waals surface area contributed by atoms with Gasteiger partial charge in [-0.05, 0) is 17.0 Å². The Bertz CT molecular complexity index is 437. The van der Waals surface area contributed by atoms with Crippen molar-refractivity contribution in [1.82, 2.24) is 0 Å². The molecule has 0 aliphatic carbocycles. The van der Waals surface area contributed by atoms with Crippen molar-refractivity contribution in [3.8, 4) is 0 Å². The van der Waals surface area contributed by atoms with Gasteiger partial charge in [0.2, 0.25) is 0 Å². The van der Waals surface area contributed by atoms with Crippen LogP contribution in [0.4, 0.5) is 0 Å². The van der Waals surface area contributed by atoms with Crippen molar-refractivity contribution in [1.29, 1.82) is 0 Å². The Labute approximate surface area is 110 Å². The summed E-state index contributed by atoms with van der Waals surface area (Å²) in [5.41, 5.74) is 1.01. The molecule has 3 nitrogen and oxygen atoms in total. The normalized spacial score (nSPS) is 8.89. The fourth-order valence-electron chi connectivity index (χ4n) is 1.22. The van der Waals surface area contributed by atoms with Gasteiger partial charge in [0.05, 0.1) is 0 Å². The summed E-state index contributed by atoms with van der Waals surface area (Å²) in [7, 11) is 0. The van der Waals surface area contributed by atoms with Gasteiger partial charge in [-0.3, -0.25) is 4.79 Å². The molecule has 4 heteroatoms. The number of carbonyl (C=O) groups is 2. The summed E-state index contributed by atoms with van der Waals surface area (Å²) in [5, 5.41) is 1.97. The highest BCUT2D eigenvalue weighted by Gasteiger charge is 1.87. The lowest BCUT2D eigenvalue weighted by molar-refractivity contribution is -0.129. The maximum Gasteiger partial charge on any atom is 0.293 e. The van der Waals surface area contributed by atoms with Crippen LogP contribution in [0.2, 0.25) is 0 Å². The molecule has 0 bridgehead atoms. The van der Waals surface area contributed by atoms with Crippen molar-refractivity contribution in [2.75, 3.05) is 0 Å². The summed E-state index contributed by atoms with van der Waals surface area (Å²) in [6.07, 6.45) is 1.49. The fraction of sp³-hybridized carbons (Fsp3) is 0.143. The van der Waals surface area contributed by atoms with E-state index in [0.717, 1.165) is 16.7 Å². The smallest absolute Gasteiger partial charge is 0.293 e. The third-order valence-electron chi connectivity index (χ3n) is 2.03. The van der Waals surface area contributed by atoms with E-state index in [1.807, 2.05) is 47.8 Å². The first kappa shape index (κ1) is 14.1. The Kier molecular flexibility index (Phi) is 7.16. The van der Waals surface area contributed by atoms with Crippen molar-refractivity contribution in [2.45, 2.75) is 13.0 Å². The number of ether oxygens (including phenoxy) is 1. The first-order chi connectivity index (χ1) is 8.86. The maximum absolute atomic E-state index is 9.88. The third-order valence-corrected chi connectivity index (χ3v) is 2.92. The van der Waals surface area contributed by atoms with Crippen LogP contribution in [0, 0.1) is 0 Å². The first-order valence-corrected chi connectivity index (χ1v) is 6.30. The van der Waals surface area contributed by atoms with Crippen LogP contribution in [0.1, 0.15) is 10.4 Å². The predicted octanol–water partition coefficient (Wildman–Crippen LogP) is 2.85.